The Balaban J connectivity index is 1.86. The van der Waals surface area contributed by atoms with Crippen molar-refractivity contribution in [3.63, 3.8) is 0 Å². The van der Waals surface area contributed by atoms with Crippen LogP contribution in [0.3, 0.4) is 0 Å². The van der Waals surface area contributed by atoms with Crippen molar-refractivity contribution in [3.05, 3.63) is 84.4 Å². The van der Waals surface area contributed by atoms with Crippen LogP contribution >= 0.6 is 0 Å². The summed E-state index contributed by atoms with van der Waals surface area (Å²) in [5.74, 6) is 1.02. The smallest absolute Gasteiger partial charge is 0.264 e. The standard InChI is InChI=1S/C25H28N2O5S/c1-4-32-23-16-12-21(13-17-23)27(33(29,30)24-8-6-5-7-9-24)19-25(28)26(2)18-20-10-14-22(31-3)15-11-20/h5-17H,4,18-19H2,1-3H3. The number of methoxy groups -OCH3 is 1. The zero-order chi connectivity index (χ0) is 23.8. The Morgan fingerprint density at radius 1 is 0.879 bits per heavy atom. The van der Waals surface area contributed by atoms with E-state index in [1.165, 1.54) is 17.0 Å². The van der Waals surface area contributed by atoms with Crippen molar-refractivity contribution in [2.75, 3.05) is 31.6 Å². The minimum atomic E-state index is -3.96. The molecular formula is C25H28N2O5S. The molecule has 0 saturated heterocycles. The van der Waals surface area contributed by atoms with Gasteiger partial charge in [0.15, 0.2) is 0 Å². The molecule has 0 heterocycles. The molecule has 0 spiro atoms. The van der Waals surface area contributed by atoms with Gasteiger partial charge in [0.25, 0.3) is 10.0 Å². The Morgan fingerprint density at radius 2 is 1.48 bits per heavy atom. The minimum absolute atomic E-state index is 0.115. The molecule has 0 atom stereocenters. The van der Waals surface area contributed by atoms with Gasteiger partial charge in [-0.1, -0.05) is 30.3 Å². The second kappa shape index (κ2) is 10.9. The summed E-state index contributed by atoms with van der Waals surface area (Å²) in [5.41, 5.74) is 1.29. The van der Waals surface area contributed by atoms with Crippen molar-refractivity contribution in [1.29, 1.82) is 0 Å². The maximum atomic E-state index is 13.4. The van der Waals surface area contributed by atoms with E-state index >= 15 is 0 Å². The average molecular weight is 469 g/mol. The van der Waals surface area contributed by atoms with E-state index in [0.29, 0.717) is 24.6 Å². The maximum Gasteiger partial charge on any atom is 0.264 e. The van der Waals surface area contributed by atoms with Crippen LogP contribution in [0.15, 0.2) is 83.8 Å². The van der Waals surface area contributed by atoms with E-state index in [0.717, 1.165) is 15.6 Å². The van der Waals surface area contributed by atoms with Gasteiger partial charge in [0.2, 0.25) is 5.91 Å². The van der Waals surface area contributed by atoms with Crippen LogP contribution in [0, 0.1) is 0 Å². The second-order valence-electron chi connectivity index (χ2n) is 7.35. The number of hydrogen-bond donors (Lipinski definition) is 0. The summed E-state index contributed by atoms with van der Waals surface area (Å²) in [7, 11) is -0.720. The Hall–Kier alpha value is -3.52. The molecular weight excluding hydrogens is 440 g/mol. The van der Waals surface area contributed by atoms with Crippen LogP contribution in [0.5, 0.6) is 11.5 Å². The number of sulfonamides is 1. The van der Waals surface area contributed by atoms with Gasteiger partial charge in [-0.25, -0.2) is 8.42 Å². The molecule has 3 aromatic rings. The first-order valence-corrected chi connectivity index (χ1v) is 12.0. The lowest BCUT2D eigenvalue weighted by Gasteiger charge is -2.27. The number of hydrogen-bond acceptors (Lipinski definition) is 5. The molecule has 0 fully saturated rings. The highest BCUT2D eigenvalue weighted by atomic mass is 32.2. The molecule has 8 heteroatoms. The number of carbonyl (C=O) groups excluding carboxylic acids is 1. The first-order chi connectivity index (χ1) is 15.8. The predicted molar refractivity (Wildman–Crippen MR) is 128 cm³/mol. The Morgan fingerprint density at radius 3 is 2.06 bits per heavy atom. The van der Waals surface area contributed by atoms with Crippen molar-refractivity contribution < 1.29 is 22.7 Å². The lowest BCUT2D eigenvalue weighted by molar-refractivity contribution is -0.128. The van der Waals surface area contributed by atoms with Crippen molar-refractivity contribution in [2.24, 2.45) is 0 Å². The Bertz CT molecular complexity index is 1150. The fourth-order valence-corrected chi connectivity index (χ4v) is 4.68. The highest BCUT2D eigenvalue weighted by Gasteiger charge is 2.28. The van der Waals surface area contributed by atoms with Crippen LogP contribution in [-0.4, -0.2) is 46.5 Å². The van der Waals surface area contributed by atoms with Gasteiger partial charge >= 0.3 is 0 Å². The van der Waals surface area contributed by atoms with E-state index in [1.54, 1.807) is 56.6 Å². The van der Waals surface area contributed by atoms with Gasteiger partial charge in [-0.3, -0.25) is 9.10 Å². The summed E-state index contributed by atoms with van der Waals surface area (Å²) >= 11 is 0. The van der Waals surface area contributed by atoms with Gasteiger partial charge < -0.3 is 14.4 Å². The number of nitrogens with zero attached hydrogens (tertiary/aromatic N) is 2. The van der Waals surface area contributed by atoms with E-state index in [1.807, 2.05) is 31.2 Å². The third-order valence-corrected chi connectivity index (χ3v) is 6.84. The second-order valence-corrected chi connectivity index (χ2v) is 9.21. The predicted octanol–water partition coefficient (Wildman–Crippen LogP) is 3.95. The number of rotatable bonds is 10. The Kier molecular flexibility index (Phi) is 7.95. The van der Waals surface area contributed by atoms with E-state index in [9.17, 15) is 13.2 Å². The van der Waals surface area contributed by atoms with Crippen molar-refractivity contribution in [3.8, 4) is 11.5 Å². The monoisotopic (exact) mass is 468 g/mol. The molecule has 3 aromatic carbocycles. The maximum absolute atomic E-state index is 13.4. The van der Waals surface area contributed by atoms with Gasteiger partial charge in [0.05, 0.1) is 24.3 Å². The molecule has 0 aliphatic carbocycles. The van der Waals surface area contributed by atoms with Crippen LogP contribution in [0.25, 0.3) is 0 Å². The molecule has 0 aliphatic rings. The highest BCUT2D eigenvalue weighted by molar-refractivity contribution is 7.92. The van der Waals surface area contributed by atoms with E-state index in [2.05, 4.69) is 0 Å². The zero-order valence-corrected chi connectivity index (χ0v) is 19.8. The summed E-state index contributed by atoms with van der Waals surface area (Å²) in [4.78, 5) is 14.7. The first-order valence-electron chi connectivity index (χ1n) is 10.5. The molecule has 1 amide bonds. The normalized spacial score (nSPS) is 11.0. The lowest BCUT2D eigenvalue weighted by atomic mass is 10.2. The van der Waals surface area contributed by atoms with Crippen LogP contribution in [-0.2, 0) is 21.4 Å². The fourth-order valence-electron chi connectivity index (χ4n) is 3.25. The van der Waals surface area contributed by atoms with Crippen LogP contribution in [0.4, 0.5) is 5.69 Å². The van der Waals surface area contributed by atoms with Crippen molar-refractivity contribution in [1.82, 2.24) is 4.90 Å². The van der Waals surface area contributed by atoms with E-state index < -0.39 is 10.0 Å². The lowest BCUT2D eigenvalue weighted by Crippen LogP contribution is -2.41. The molecule has 3 rings (SSSR count). The van der Waals surface area contributed by atoms with E-state index in [4.69, 9.17) is 9.47 Å². The zero-order valence-electron chi connectivity index (χ0n) is 19.0. The summed E-state index contributed by atoms with van der Waals surface area (Å²) in [6, 6.07) is 22.1. The molecule has 33 heavy (non-hydrogen) atoms. The molecule has 0 saturated carbocycles. The van der Waals surface area contributed by atoms with Crippen molar-refractivity contribution in [2.45, 2.75) is 18.4 Å². The van der Waals surface area contributed by atoms with Gasteiger partial charge in [-0.15, -0.1) is 0 Å². The minimum Gasteiger partial charge on any atom is -0.497 e. The van der Waals surface area contributed by atoms with Crippen LogP contribution in [0.2, 0.25) is 0 Å². The molecule has 0 aromatic heterocycles. The third-order valence-electron chi connectivity index (χ3n) is 5.05. The van der Waals surface area contributed by atoms with Gasteiger partial charge in [0, 0.05) is 13.6 Å². The SMILES string of the molecule is CCOc1ccc(N(CC(=O)N(C)Cc2ccc(OC)cc2)S(=O)(=O)c2ccccc2)cc1. The Labute approximate surface area is 195 Å². The molecule has 0 unspecified atom stereocenters. The van der Waals surface area contributed by atoms with Crippen molar-refractivity contribution >= 4 is 21.6 Å². The summed E-state index contributed by atoms with van der Waals surface area (Å²) < 4.78 is 38.6. The van der Waals surface area contributed by atoms with Gasteiger partial charge in [-0.2, -0.15) is 0 Å². The molecule has 0 radical (unpaired) electrons. The number of benzene rings is 3. The molecule has 174 valence electrons. The molecule has 0 N–H and O–H groups in total. The first kappa shape index (κ1) is 24.1. The number of carbonyl (C=O) groups is 1. The quantitative estimate of drug-likeness (QED) is 0.450. The number of likely N-dealkylation sites (N-methyl/N-ethyl adjacent to an activating group) is 1. The largest absolute Gasteiger partial charge is 0.497 e. The summed E-state index contributed by atoms with van der Waals surface area (Å²) in [6.45, 7) is 2.38. The average Bonchev–Trinajstić information content (AvgIpc) is 2.84. The topological polar surface area (TPSA) is 76.2 Å². The van der Waals surface area contributed by atoms with Crippen LogP contribution < -0.4 is 13.8 Å². The van der Waals surface area contributed by atoms with E-state index in [-0.39, 0.29) is 17.3 Å². The molecule has 7 nitrogen and oxygen atoms in total. The summed E-state index contributed by atoms with van der Waals surface area (Å²) in [6.07, 6.45) is 0. The third kappa shape index (κ3) is 6.04. The fraction of sp³-hybridized carbons (Fsp3) is 0.240. The number of ether oxygens (including phenoxy) is 2. The van der Waals surface area contributed by atoms with Gasteiger partial charge in [0.1, 0.15) is 18.0 Å². The molecule has 0 aliphatic heterocycles. The number of anilines is 1. The highest BCUT2D eigenvalue weighted by Crippen LogP contribution is 2.26. The molecule has 0 bridgehead atoms. The van der Waals surface area contributed by atoms with Gasteiger partial charge in [-0.05, 0) is 61.0 Å². The number of amides is 1. The van der Waals surface area contributed by atoms with Crippen LogP contribution in [0.1, 0.15) is 12.5 Å². The summed E-state index contributed by atoms with van der Waals surface area (Å²) in [5, 5.41) is 0.